The lowest BCUT2D eigenvalue weighted by atomic mass is 10.0. The fourth-order valence-electron chi connectivity index (χ4n) is 2.48. The van der Waals surface area contributed by atoms with Crippen molar-refractivity contribution in [2.75, 3.05) is 13.2 Å². The molecule has 124 valence electrons. The molecular weight excluding hydrogens is 306 g/mol. The van der Waals surface area contributed by atoms with Crippen molar-refractivity contribution in [3.05, 3.63) is 41.1 Å². The highest BCUT2D eigenvalue weighted by Crippen LogP contribution is 2.24. The number of carbonyl (C=O) groups excluding carboxylic acids is 2. The van der Waals surface area contributed by atoms with Gasteiger partial charge in [0.2, 0.25) is 0 Å². The van der Waals surface area contributed by atoms with Crippen LogP contribution in [0.25, 0.3) is 10.9 Å². The third-order valence-electron chi connectivity index (χ3n) is 3.67. The summed E-state index contributed by atoms with van der Waals surface area (Å²) in [5, 5.41) is 11.7. The topological polar surface area (TPSA) is 92.1 Å². The lowest BCUT2D eigenvalue weighted by Crippen LogP contribution is -2.29. The smallest absolute Gasteiger partial charge is 0.339 e. The lowest BCUT2D eigenvalue weighted by molar-refractivity contribution is -0.124. The van der Waals surface area contributed by atoms with E-state index in [1.54, 1.807) is 0 Å². The number of amides is 1. The Morgan fingerprint density at radius 3 is 2.79 bits per heavy atom. The summed E-state index contributed by atoms with van der Waals surface area (Å²) >= 11 is 0. The van der Waals surface area contributed by atoms with Gasteiger partial charge in [0.15, 0.2) is 6.61 Å². The largest absolute Gasteiger partial charge is 0.452 e. The Kier molecular flexibility index (Phi) is 5.85. The summed E-state index contributed by atoms with van der Waals surface area (Å²) in [6.45, 7) is 3.68. The maximum absolute atomic E-state index is 12.5. The van der Waals surface area contributed by atoms with Crippen LogP contribution in [-0.4, -0.2) is 30.0 Å². The summed E-state index contributed by atoms with van der Waals surface area (Å²) in [7, 11) is 0. The Labute approximate surface area is 140 Å². The second-order valence-electron chi connectivity index (χ2n) is 5.26. The van der Waals surface area contributed by atoms with E-state index in [1.807, 2.05) is 44.2 Å². The quantitative estimate of drug-likeness (QED) is 0.650. The van der Waals surface area contributed by atoms with E-state index in [0.29, 0.717) is 17.4 Å². The van der Waals surface area contributed by atoms with Crippen molar-refractivity contribution in [2.24, 2.45) is 0 Å². The van der Waals surface area contributed by atoms with Crippen molar-refractivity contribution >= 4 is 22.8 Å². The van der Waals surface area contributed by atoms with Crippen LogP contribution in [0.15, 0.2) is 24.3 Å². The lowest BCUT2D eigenvalue weighted by Gasteiger charge is -2.13. The average molecular weight is 325 g/mol. The molecule has 1 amide bonds. The maximum Gasteiger partial charge on any atom is 0.339 e. The molecule has 2 aromatic rings. The highest BCUT2D eigenvalue weighted by Gasteiger charge is 2.19. The van der Waals surface area contributed by atoms with Crippen LogP contribution >= 0.6 is 0 Å². The number of nitrogens with zero attached hydrogens (tertiary/aromatic N) is 2. The van der Waals surface area contributed by atoms with Crippen LogP contribution in [-0.2, 0) is 16.0 Å². The number of benzene rings is 1. The van der Waals surface area contributed by atoms with Gasteiger partial charge in [0.05, 0.1) is 23.6 Å². The zero-order chi connectivity index (χ0) is 17.5. The van der Waals surface area contributed by atoms with Crippen LogP contribution in [0.3, 0.4) is 0 Å². The zero-order valence-corrected chi connectivity index (χ0v) is 13.8. The Hall–Kier alpha value is -2.94. The van der Waals surface area contributed by atoms with Crippen molar-refractivity contribution in [3.63, 3.8) is 0 Å². The summed E-state index contributed by atoms with van der Waals surface area (Å²) in [6, 6.07) is 9.29. The highest BCUT2D eigenvalue weighted by molar-refractivity contribution is 6.05. The van der Waals surface area contributed by atoms with Crippen LogP contribution in [0.2, 0.25) is 0 Å². The van der Waals surface area contributed by atoms with Gasteiger partial charge in [0.25, 0.3) is 5.91 Å². The number of nitriles is 1. The standard InChI is InChI=1S/C18H19N3O3/c1-3-14-12(2)17(13-7-4-5-8-15(13)21-14)18(23)24-11-16(22)20-10-6-9-19/h4-5,7-8H,3,6,10-11H2,1-2H3,(H,20,22). The number of esters is 1. The Balaban J connectivity index is 2.21. The number of fused-ring (bicyclic) bond motifs is 1. The van der Waals surface area contributed by atoms with E-state index in [-0.39, 0.29) is 19.6 Å². The molecule has 0 radical (unpaired) electrons. The Morgan fingerprint density at radius 1 is 1.33 bits per heavy atom. The minimum absolute atomic E-state index is 0.216. The van der Waals surface area contributed by atoms with E-state index in [1.165, 1.54) is 0 Å². The van der Waals surface area contributed by atoms with E-state index in [2.05, 4.69) is 10.3 Å². The fourth-order valence-corrected chi connectivity index (χ4v) is 2.48. The molecule has 0 fully saturated rings. The predicted octanol–water partition coefficient (Wildman–Crippen LogP) is 2.29. The molecule has 24 heavy (non-hydrogen) atoms. The number of aryl methyl sites for hydroxylation is 1. The van der Waals surface area contributed by atoms with Gasteiger partial charge in [-0.2, -0.15) is 5.26 Å². The van der Waals surface area contributed by atoms with Crippen molar-refractivity contribution in [1.82, 2.24) is 10.3 Å². The molecule has 0 spiro atoms. The molecule has 0 unspecified atom stereocenters. The number of pyridine rings is 1. The van der Waals surface area contributed by atoms with Crippen molar-refractivity contribution in [1.29, 1.82) is 5.26 Å². The summed E-state index contributed by atoms with van der Waals surface area (Å²) < 4.78 is 5.15. The maximum atomic E-state index is 12.5. The molecule has 0 atom stereocenters. The molecule has 2 rings (SSSR count). The minimum Gasteiger partial charge on any atom is -0.452 e. The van der Waals surface area contributed by atoms with E-state index >= 15 is 0 Å². The number of ether oxygens (including phenoxy) is 1. The molecule has 0 aliphatic carbocycles. The van der Waals surface area contributed by atoms with Crippen LogP contribution in [0.5, 0.6) is 0 Å². The Bertz CT molecular complexity index is 809. The Morgan fingerprint density at radius 2 is 2.08 bits per heavy atom. The molecule has 0 bridgehead atoms. The van der Waals surface area contributed by atoms with E-state index in [0.717, 1.165) is 16.8 Å². The molecule has 0 aliphatic rings. The van der Waals surface area contributed by atoms with Crippen LogP contribution < -0.4 is 5.32 Å². The van der Waals surface area contributed by atoms with Gasteiger partial charge in [-0.1, -0.05) is 25.1 Å². The van der Waals surface area contributed by atoms with Crippen LogP contribution in [0.4, 0.5) is 0 Å². The average Bonchev–Trinajstić information content (AvgIpc) is 2.59. The predicted molar refractivity (Wildman–Crippen MR) is 89.4 cm³/mol. The second-order valence-corrected chi connectivity index (χ2v) is 5.26. The molecule has 1 N–H and O–H groups in total. The molecule has 0 saturated carbocycles. The highest BCUT2D eigenvalue weighted by atomic mass is 16.5. The van der Waals surface area contributed by atoms with Gasteiger partial charge in [0.1, 0.15) is 0 Å². The number of aromatic nitrogens is 1. The molecule has 1 heterocycles. The first-order chi connectivity index (χ1) is 11.6. The number of hydrogen-bond donors (Lipinski definition) is 1. The van der Waals surface area contributed by atoms with Crippen molar-refractivity contribution < 1.29 is 14.3 Å². The second kappa shape index (κ2) is 8.06. The summed E-state index contributed by atoms with van der Waals surface area (Å²) in [5.41, 5.74) is 2.78. The number of rotatable bonds is 6. The van der Waals surface area contributed by atoms with Crippen LogP contribution in [0.1, 0.15) is 35.0 Å². The van der Waals surface area contributed by atoms with E-state index < -0.39 is 11.9 Å². The van der Waals surface area contributed by atoms with Gasteiger partial charge in [0, 0.05) is 17.6 Å². The molecule has 1 aromatic heterocycles. The molecule has 0 aliphatic heterocycles. The first-order valence-corrected chi connectivity index (χ1v) is 7.77. The van der Waals surface area contributed by atoms with Crippen LogP contribution in [0, 0.1) is 18.3 Å². The molecule has 6 heteroatoms. The number of hydrogen-bond acceptors (Lipinski definition) is 5. The zero-order valence-electron chi connectivity index (χ0n) is 13.8. The van der Waals surface area contributed by atoms with E-state index in [9.17, 15) is 9.59 Å². The molecule has 6 nitrogen and oxygen atoms in total. The third kappa shape index (κ3) is 3.87. The normalized spacial score (nSPS) is 10.2. The van der Waals surface area contributed by atoms with Gasteiger partial charge in [-0.05, 0) is 25.0 Å². The number of carbonyl (C=O) groups is 2. The number of nitrogens with one attached hydrogen (secondary N) is 1. The molecular formula is C18H19N3O3. The van der Waals surface area contributed by atoms with Gasteiger partial charge in [-0.3, -0.25) is 9.78 Å². The third-order valence-corrected chi connectivity index (χ3v) is 3.67. The number of para-hydroxylation sites is 1. The van der Waals surface area contributed by atoms with Gasteiger partial charge in [-0.25, -0.2) is 4.79 Å². The van der Waals surface area contributed by atoms with Gasteiger partial charge in [-0.15, -0.1) is 0 Å². The van der Waals surface area contributed by atoms with E-state index in [4.69, 9.17) is 10.00 Å². The summed E-state index contributed by atoms with van der Waals surface area (Å²) in [6.07, 6.45) is 0.916. The monoisotopic (exact) mass is 325 g/mol. The molecule has 1 aromatic carbocycles. The van der Waals surface area contributed by atoms with Gasteiger partial charge >= 0.3 is 5.97 Å². The van der Waals surface area contributed by atoms with Gasteiger partial charge < -0.3 is 10.1 Å². The first-order valence-electron chi connectivity index (χ1n) is 7.77. The molecule has 0 saturated heterocycles. The van der Waals surface area contributed by atoms with Crippen molar-refractivity contribution in [3.8, 4) is 6.07 Å². The summed E-state index contributed by atoms with van der Waals surface area (Å²) in [5.74, 6) is -0.971. The van der Waals surface area contributed by atoms with Crippen molar-refractivity contribution in [2.45, 2.75) is 26.7 Å². The summed E-state index contributed by atoms with van der Waals surface area (Å²) in [4.78, 5) is 28.7. The first kappa shape index (κ1) is 17.4. The SMILES string of the molecule is CCc1nc2ccccc2c(C(=O)OCC(=O)NCCC#N)c1C. The fraction of sp³-hybridized carbons (Fsp3) is 0.333. The minimum atomic E-state index is -0.545.